The van der Waals surface area contributed by atoms with Crippen LogP contribution in [0.15, 0.2) is 42.0 Å². The van der Waals surface area contributed by atoms with E-state index in [2.05, 4.69) is 5.32 Å². The minimum Gasteiger partial charge on any atom is -0.479 e. The molecule has 232 valence electrons. The first-order valence-electron chi connectivity index (χ1n) is 14.2. The molecule has 2 aromatic carbocycles. The quantitative estimate of drug-likeness (QED) is 0.308. The molecular weight excluding hydrogens is 556 g/mol. The topological polar surface area (TPSA) is 166 Å². The molecule has 43 heavy (non-hydrogen) atoms. The highest BCUT2D eigenvalue weighted by molar-refractivity contribution is 6.05. The standard InChI is InChI=1S/C32H40N2O9/c1-17-12-18(2)21-15-24(35)20(14-19(21)13-17)16-34(31(41)33-23-9-7-6-8-22(23)32(3,4)5)10-11-42-30-27(38)25(36)26(37)28(43-30)29(39)40/h6-9,12-14,25-28,30,36-38H,10-11,15-16H2,1-5H3,(H,33,41)(H,39,40)/t25-,26-,27+,28-,30+/m0/s1. The zero-order valence-corrected chi connectivity index (χ0v) is 25.0. The number of aliphatic hydroxyl groups excluding tert-OH is 3. The Kier molecular flexibility index (Phi) is 9.73. The maximum absolute atomic E-state index is 13.7. The molecule has 0 unspecified atom stereocenters. The van der Waals surface area contributed by atoms with E-state index in [0.29, 0.717) is 11.3 Å². The first-order valence-corrected chi connectivity index (χ1v) is 14.2. The van der Waals surface area contributed by atoms with E-state index in [0.717, 1.165) is 27.8 Å². The lowest BCUT2D eigenvalue weighted by Crippen LogP contribution is -2.60. The summed E-state index contributed by atoms with van der Waals surface area (Å²) in [4.78, 5) is 39.8. The second-order valence-corrected chi connectivity index (χ2v) is 12.2. The van der Waals surface area contributed by atoms with Crippen molar-refractivity contribution in [2.75, 3.05) is 25.0 Å². The SMILES string of the molecule is Cc1cc(C)c2c(c1)C=C(CN(CCO[C@@H]1O[C@H](C(=O)O)[C@@H](O)[C@H](O)[C@H]1O)C(=O)Nc1ccccc1C(C)(C)C)C(=O)C2. The van der Waals surface area contributed by atoms with Crippen molar-refractivity contribution in [3.63, 3.8) is 0 Å². The van der Waals surface area contributed by atoms with Crippen molar-refractivity contribution >= 4 is 29.5 Å². The Morgan fingerprint density at radius 3 is 2.44 bits per heavy atom. The van der Waals surface area contributed by atoms with Crippen molar-refractivity contribution in [3.05, 3.63) is 69.8 Å². The fraction of sp³-hybridized carbons (Fsp3) is 0.469. The molecule has 0 bridgehead atoms. The van der Waals surface area contributed by atoms with Crippen LogP contribution >= 0.6 is 0 Å². The Morgan fingerprint density at radius 2 is 1.77 bits per heavy atom. The summed E-state index contributed by atoms with van der Waals surface area (Å²) in [7, 11) is 0. The van der Waals surface area contributed by atoms with Crippen LogP contribution in [0.4, 0.5) is 10.5 Å². The summed E-state index contributed by atoms with van der Waals surface area (Å²) >= 11 is 0. The van der Waals surface area contributed by atoms with Crippen LogP contribution in [0.5, 0.6) is 0 Å². The van der Waals surface area contributed by atoms with Gasteiger partial charge in [-0.05, 0) is 53.7 Å². The Labute approximate surface area is 250 Å². The van der Waals surface area contributed by atoms with Crippen LogP contribution in [0.1, 0.15) is 48.6 Å². The first-order chi connectivity index (χ1) is 20.2. The predicted octanol–water partition coefficient (Wildman–Crippen LogP) is 2.55. The Balaban J connectivity index is 1.57. The maximum atomic E-state index is 13.7. The van der Waals surface area contributed by atoms with Gasteiger partial charge in [0.2, 0.25) is 0 Å². The average Bonchev–Trinajstić information content (AvgIpc) is 2.92. The molecule has 11 nitrogen and oxygen atoms in total. The van der Waals surface area contributed by atoms with Crippen molar-refractivity contribution in [2.45, 2.75) is 77.2 Å². The number of fused-ring (bicyclic) bond motifs is 1. The van der Waals surface area contributed by atoms with E-state index in [1.54, 1.807) is 12.1 Å². The number of carbonyl (C=O) groups is 3. The lowest BCUT2D eigenvalue weighted by molar-refractivity contribution is -0.294. The molecule has 2 aliphatic rings. The van der Waals surface area contributed by atoms with Crippen LogP contribution in [0.25, 0.3) is 6.08 Å². The molecule has 0 saturated carbocycles. The number of para-hydroxylation sites is 1. The fourth-order valence-corrected chi connectivity index (χ4v) is 5.44. The van der Waals surface area contributed by atoms with Gasteiger partial charge in [0, 0.05) is 24.2 Å². The molecule has 5 N–H and O–H groups in total. The summed E-state index contributed by atoms with van der Waals surface area (Å²) in [5.41, 5.74) is 5.66. The number of aryl methyl sites for hydroxylation is 2. The molecule has 1 aliphatic heterocycles. The molecule has 0 aromatic heterocycles. The van der Waals surface area contributed by atoms with Crippen LogP contribution in [-0.4, -0.2) is 93.5 Å². The first kappa shape index (κ1) is 32.3. The monoisotopic (exact) mass is 596 g/mol. The fourth-order valence-electron chi connectivity index (χ4n) is 5.44. The van der Waals surface area contributed by atoms with Crippen molar-refractivity contribution in [1.29, 1.82) is 0 Å². The number of benzene rings is 2. The van der Waals surface area contributed by atoms with Gasteiger partial charge in [0.1, 0.15) is 18.3 Å². The number of anilines is 1. The van der Waals surface area contributed by atoms with Crippen LogP contribution in [0, 0.1) is 13.8 Å². The lowest BCUT2D eigenvalue weighted by atomic mass is 9.86. The summed E-state index contributed by atoms with van der Waals surface area (Å²) in [5.74, 6) is -1.64. The third-order valence-corrected chi connectivity index (χ3v) is 7.76. The molecule has 1 saturated heterocycles. The van der Waals surface area contributed by atoms with E-state index in [9.17, 15) is 34.8 Å². The van der Waals surface area contributed by atoms with Gasteiger partial charge in [0.05, 0.1) is 13.2 Å². The molecule has 11 heteroatoms. The van der Waals surface area contributed by atoms with Crippen LogP contribution in [-0.2, 0) is 30.9 Å². The van der Waals surface area contributed by atoms with E-state index in [4.69, 9.17) is 9.47 Å². The highest BCUT2D eigenvalue weighted by Gasteiger charge is 2.47. The van der Waals surface area contributed by atoms with E-state index < -0.39 is 42.7 Å². The summed E-state index contributed by atoms with van der Waals surface area (Å²) in [6, 6.07) is 11.0. The predicted molar refractivity (Wildman–Crippen MR) is 159 cm³/mol. The molecule has 2 aromatic rings. The van der Waals surface area contributed by atoms with Gasteiger partial charge in [-0.1, -0.05) is 56.7 Å². The molecule has 1 aliphatic carbocycles. The van der Waals surface area contributed by atoms with Crippen LogP contribution in [0.3, 0.4) is 0 Å². The normalized spacial score (nSPS) is 23.8. The largest absolute Gasteiger partial charge is 0.479 e. The molecule has 5 atom stereocenters. The molecule has 1 fully saturated rings. The minimum absolute atomic E-state index is 0.0364. The number of carboxylic acid groups (broad SMARTS) is 1. The smallest absolute Gasteiger partial charge is 0.335 e. The number of ketones is 1. The summed E-state index contributed by atoms with van der Waals surface area (Å²) < 4.78 is 10.8. The molecular formula is C32H40N2O9. The van der Waals surface area contributed by atoms with E-state index >= 15 is 0 Å². The van der Waals surface area contributed by atoms with Gasteiger partial charge in [-0.25, -0.2) is 9.59 Å². The zero-order chi connectivity index (χ0) is 31.6. The number of nitrogens with one attached hydrogen (secondary N) is 1. The second kappa shape index (κ2) is 12.9. The van der Waals surface area contributed by atoms with E-state index in [-0.39, 0.29) is 37.3 Å². The van der Waals surface area contributed by atoms with Gasteiger partial charge in [0.15, 0.2) is 18.2 Å². The summed E-state index contributed by atoms with van der Waals surface area (Å²) in [6.45, 7) is 9.69. The molecule has 0 spiro atoms. The second-order valence-electron chi connectivity index (χ2n) is 12.2. The summed E-state index contributed by atoms with van der Waals surface area (Å²) in [6.07, 6.45) is -6.76. The van der Waals surface area contributed by atoms with Gasteiger partial charge in [0.25, 0.3) is 0 Å². The number of aliphatic hydroxyl groups is 3. The number of amides is 2. The number of rotatable bonds is 8. The number of Topliss-reactive ketones (excluding diaryl/α,β-unsaturated/α-hetero) is 1. The molecule has 0 radical (unpaired) electrons. The van der Waals surface area contributed by atoms with Gasteiger partial charge in [-0.2, -0.15) is 0 Å². The number of nitrogens with zero attached hydrogens (tertiary/aromatic N) is 1. The minimum atomic E-state index is -1.85. The van der Waals surface area contributed by atoms with Gasteiger partial charge in [-0.3, -0.25) is 4.79 Å². The van der Waals surface area contributed by atoms with E-state index in [1.807, 2.05) is 65.0 Å². The maximum Gasteiger partial charge on any atom is 0.335 e. The number of ether oxygens (including phenoxy) is 2. The highest BCUT2D eigenvalue weighted by atomic mass is 16.7. The number of carbonyl (C=O) groups excluding carboxylic acids is 2. The Morgan fingerprint density at radius 1 is 1.07 bits per heavy atom. The number of urea groups is 1. The van der Waals surface area contributed by atoms with Crippen LogP contribution in [0.2, 0.25) is 0 Å². The van der Waals surface area contributed by atoms with Crippen molar-refractivity contribution < 1.29 is 44.3 Å². The van der Waals surface area contributed by atoms with Crippen molar-refractivity contribution in [3.8, 4) is 0 Å². The van der Waals surface area contributed by atoms with E-state index in [1.165, 1.54) is 4.90 Å². The zero-order valence-electron chi connectivity index (χ0n) is 25.0. The van der Waals surface area contributed by atoms with Gasteiger partial charge in [-0.15, -0.1) is 0 Å². The number of hydrogen-bond donors (Lipinski definition) is 5. The summed E-state index contributed by atoms with van der Waals surface area (Å²) in [5, 5.41) is 42.6. The van der Waals surface area contributed by atoms with Gasteiger partial charge >= 0.3 is 12.0 Å². The number of aliphatic carboxylic acids is 1. The number of carboxylic acids is 1. The molecule has 1 heterocycles. The van der Waals surface area contributed by atoms with Gasteiger partial charge < -0.3 is 40.1 Å². The Bertz CT molecular complexity index is 1410. The lowest BCUT2D eigenvalue weighted by Gasteiger charge is -2.38. The highest BCUT2D eigenvalue weighted by Crippen LogP contribution is 2.30. The average molecular weight is 597 g/mol. The third kappa shape index (κ3) is 7.31. The van der Waals surface area contributed by atoms with Crippen molar-refractivity contribution in [2.24, 2.45) is 0 Å². The molecule has 4 rings (SSSR count). The molecule has 2 amide bonds. The number of hydrogen-bond acceptors (Lipinski definition) is 8. The third-order valence-electron chi connectivity index (χ3n) is 7.76. The van der Waals surface area contributed by atoms with Crippen molar-refractivity contribution in [1.82, 2.24) is 4.90 Å². The van der Waals surface area contributed by atoms with Crippen LogP contribution < -0.4 is 5.32 Å². The Hall–Kier alpha value is -3.61.